The molecule has 1 N–H and O–H groups in total. The molecule has 7 heteroatoms. The Morgan fingerprint density at radius 2 is 1.69 bits per heavy atom. The highest BCUT2D eigenvalue weighted by Crippen LogP contribution is 2.32. The number of nitrogens with zero attached hydrogens (tertiary/aromatic N) is 1. The van der Waals surface area contributed by atoms with Crippen molar-refractivity contribution in [2.45, 2.75) is 46.6 Å². The lowest BCUT2D eigenvalue weighted by molar-refractivity contribution is 0.102. The zero-order valence-corrected chi connectivity index (χ0v) is 22.3. The number of carbonyl (C=O) groups is 1. The summed E-state index contributed by atoms with van der Waals surface area (Å²) in [7, 11) is -1.97. The Balaban J connectivity index is 1.89. The van der Waals surface area contributed by atoms with E-state index >= 15 is 0 Å². The average molecular weight is 495 g/mol. The molecular weight excluding hydrogens is 460 g/mol. The second kappa shape index (κ2) is 10.1. The van der Waals surface area contributed by atoms with Crippen molar-refractivity contribution in [3.8, 4) is 5.75 Å². The number of hydrogen-bond donors (Lipinski definition) is 1. The molecular formula is C28H34N2O4S. The van der Waals surface area contributed by atoms with Gasteiger partial charge in [0.15, 0.2) is 0 Å². The van der Waals surface area contributed by atoms with Crippen molar-refractivity contribution in [2.24, 2.45) is 0 Å². The third kappa shape index (κ3) is 6.42. The summed E-state index contributed by atoms with van der Waals surface area (Å²) in [6.07, 6.45) is 1.19. The quantitative estimate of drug-likeness (QED) is 0.449. The van der Waals surface area contributed by atoms with Crippen LogP contribution in [0, 0.1) is 13.8 Å². The number of amides is 1. The van der Waals surface area contributed by atoms with Gasteiger partial charge in [-0.3, -0.25) is 9.10 Å². The molecule has 0 spiro atoms. The van der Waals surface area contributed by atoms with E-state index in [1.54, 1.807) is 31.4 Å². The lowest BCUT2D eigenvalue weighted by Gasteiger charge is -2.23. The number of methoxy groups -OCH3 is 1. The predicted molar refractivity (Wildman–Crippen MR) is 143 cm³/mol. The normalized spacial score (nSPS) is 11.7. The second-order valence-electron chi connectivity index (χ2n) is 9.86. The maximum absolute atomic E-state index is 13.1. The number of benzene rings is 3. The number of sulfonamides is 1. The van der Waals surface area contributed by atoms with Crippen LogP contribution in [0.5, 0.6) is 5.75 Å². The summed E-state index contributed by atoms with van der Waals surface area (Å²) in [5.74, 6) is 0.272. The van der Waals surface area contributed by atoms with E-state index in [0.29, 0.717) is 28.3 Å². The first-order chi connectivity index (χ1) is 16.3. The molecule has 3 rings (SSSR count). The van der Waals surface area contributed by atoms with Gasteiger partial charge in [0.2, 0.25) is 10.0 Å². The van der Waals surface area contributed by atoms with E-state index in [0.717, 1.165) is 16.7 Å². The first kappa shape index (κ1) is 26.3. The first-order valence-electron chi connectivity index (χ1n) is 11.4. The molecule has 35 heavy (non-hydrogen) atoms. The van der Waals surface area contributed by atoms with Gasteiger partial charge in [0.1, 0.15) is 5.75 Å². The maximum Gasteiger partial charge on any atom is 0.255 e. The molecule has 0 aromatic heterocycles. The lowest BCUT2D eigenvalue weighted by Crippen LogP contribution is -2.29. The molecule has 0 atom stereocenters. The summed E-state index contributed by atoms with van der Waals surface area (Å²) >= 11 is 0. The van der Waals surface area contributed by atoms with Gasteiger partial charge in [0, 0.05) is 5.56 Å². The molecule has 0 radical (unpaired) electrons. The van der Waals surface area contributed by atoms with Gasteiger partial charge >= 0.3 is 0 Å². The Kier molecular flexibility index (Phi) is 7.60. The fourth-order valence-corrected chi connectivity index (χ4v) is 4.60. The van der Waals surface area contributed by atoms with Crippen LogP contribution >= 0.6 is 0 Å². The highest BCUT2D eigenvalue weighted by atomic mass is 32.2. The van der Waals surface area contributed by atoms with Crippen LogP contribution in [0.2, 0.25) is 0 Å². The minimum atomic E-state index is -3.54. The van der Waals surface area contributed by atoms with Crippen LogP contribution in [-0.2, 0) is 22.0 Å². The standard InChI is InChI=1S/C28H34N2O4S/c1-19-11-13-24(15-20(19)2)30(35(7,32)33)18-21-9-8-10-22(16-21)27(31)29-25-17-23(28(3,4)5)12-14-26(25)34-6/h8-17H,18H2,1-7H3,(H,29,31). The van der Waals surface area contributed by atoms with Crippen LogP contribution in [-0.4, -0.2) is 27.7 Å². The number of ether oxygens (including phenoxy) is 1. The van der Waals surface area contributed by atoms with Gasteiger partial charge in [-0.05, 0) is 77.9 Å². The molecule has 0 bridgehead atoms. The van der Waals surface area contributed by atoms with Crippen molar-refractivity contribution in [1.29, 1.82) is 0 Å². The predicted octanol–water partition coefficient (Wildman–Crippen LogP) is 5.83. The van der Waals surface area contributed by atoms with E-state index in [4.69, 9.17) is 4.74 Å². The van der Waals surface area contributed by atoms with Crippen molar-refractivity contribution in [3.05, 3.63) is 88.5 Å². The molecule has 6 nitrogen and oxygen atoms in total. The van der Waals surface area contributed by atoms with E-state index in [2.05, 4.69) is 26.1 Å². The van der Waals surface area contributed by atoms with Crippen LogP contribution in [0.15, 0.2) is 60.7 Å². The summed E-state index contributed by atoms with van der Waals surface area (Å²) < 4.78 is 32.0. The molecule has 3 aromatic rings. The van der Waals surface area contributed by atoms with Gasteiger partial charge in [0.05, 0.1) is 31.3 Å². The monoisotopic (exact) mass is 494 g/mol. The number of hydrogen-bond acceptors (Lipinski definition) is 4. The molecule has 0 aliphatic rings. The molecule has 0 aliphatic carbocycles. The molecule has 1 amide bonds. The highest BCUT2D eigenvalue weighted by Gasteiger charge is 2.20. The van der Waals surface area contributed by atoms with E-state index in [1.165, 1.54) is 10.6 Å². The van der Waals surface area contributed by atoms with Gasteiger partial charge < -0.3 is 10.1 Å². The molecule has 0 unspecified atom stereocenters. The fraction of sp³-hybridized carbons (Fsp3) is 0.321. The van der Waals surface area contributed by atoms with Crippen LogP contribution in [0.4, 0.5) is 11.4 Å². The van der Waals surface area contributed by atoms with E-state index in [1.807, 2.05) is 50.2 Å². The molecule has 3 aromatic carbocycles. The number of rotatable bonds is 7. The molecule has 0 fully saturated rings. The number of aryl methyl sites for hydroxylation is 2. The molecule has 0 heterocycles. The van der Waals surface area contributed by atoms with Crippen LogP contribution in [0.25, 0.3) is 0 Å². The Morgan fingerprint density at radius 3 is 2.29 bits per heavy atom. The molecule has 186 valence electrons. The summed E-state index contributed by atoms with van der Waals surface area (Å²) in [5, 5.41) is 2.95. The second-order valence-corrected chi connectivity index (χ2v) is 11.8. The third-order valence-electron chi connectivity index (χ3n) is 6.01. The zero-order valence-electron chi connectivity index (χ0n) is 21.5. The minimum Gasteiger partial charge on any atom is -0.495 e. The van der Waals surface area contributed by atoms with E-state index in [-0.39, 0.29) is 17.9 Å². The van der Waals surface area contributed by atoms with Gasteiger partial charge in [-0.2, -0.15) is 0 Å². The van der Waals surface area contributed by atoms with Crippen molar-refractivity contribution in [3.63, 3.8) is 0 Å². The first-order valence-corrected chi connectivity index (χ1v) is 13.3. The highest BCUT2D eigenvalue weighted by molar-refractivity contribution is 7.92. The van der Waals surface area contributed by atoms with Crippen molar-refractivity contribution in [1.82, 2.24) is 0 Å². The third-order valence-corrected chi connectivity index (χ3v) is 7.15. The van der Waals surface area contributed by atoms with E-state index < -0.39 is 10.0 Å². The topological polar surface area (TPSA) is 75.7 Å². The van der Waals surface area contributed by atoms with Crippen LogP contribution < -0.4 is 14.4 Å². The number of nitrogens with one attached hydrogen (secondary N) is 1. The lowest BCUT2D eigenvalue weighted by atomic mass is 9.87. The Labute approximate surface area is 209 Å². The largest absolute Gasteiger partial charge is 0.495 e. The SMILES string of the molecule is COc1ccc(C(C)(C)C)cc1NC(=O)c1cccc(CN(c2ccc(C)c(C)c2)S(C)(=O)=O)c1. The number of anilines is 2. The molecule has 0 saturated heterocycles. The van der Waals surface area contributed by atoms with Crippen LogP contribution in [0.3, 0.4) is 0 Å². The summed E-state index contributed by atoms with van der Waals surface area (Å²) in [6.45, 7) is 10.4. The van der Waals surface area contributed by atoms with Gasteiger partial charge in [-0.25, -0.2) is 8.42 Å². The molecule has 0 saturated carbocycles. The van der Waals surface area contributed by atoms with Gasteiger partial charge in [-0.1, -0.05) is 45.0 Å². The average Bonchev–Trinajstić information content (AvgIpc) is 2.78. The van der Waals surface area contributed by atoms with Crippen molar-refractivity contribution in [2.75, 3.05) is 23.0 Å². The summed E-state index contributed by atoms with van der Waals surface area (Å²) in [4.78, 5) is 13.1. The minimum absolute atomic E-state index is 0.0882. The zero-order chi connectivity index (χ0) is 26.0. The smallest absolute Gasteiger partial charge is 0.255 e. The Bertz CT molecular complexity index is 1340. The maximum atomic E-state index is 13.1. The fourth-order valence-electron chi connectivity index (χ4n) is 3.72. The number of carbonyl (C=O) groups excluding carboxylic acids is 1. The Hall–Kier alpha value is -3.32. The van der Waals surface area contributed by atoms with E-state index in [9.17, 15) is 13.2 Å². The van der Waals surface area contributed by atoms with Crippen LogP contribution in [0.1, 0.15) is 53.4 Å². The molecule has 0 aliphatic heterocycles. The summed E-state index contributed by atoms with van der Waals surface area (Å²) in [5.41, 5.74) is 5.39. The summed E-state index contributed by atoms with van der Waals surface area (Å²) in [6, 6.07) is 18.3. The van der Waals surface area contributed by atoms with Crippen molar-refractivity contribution < 1.29 is 17.9 Å². The van der Waals surface area contributed by atoms with Gasteiger partial charge in [0.25, 0.3) is 5.91 Å². The Morgan fingerprint density at radius 1 is 0.971 bits per heavy atom. The van der Waals surface area contributed by atoms with Gasteiger partial charge in [-0.15, -0.1) is 0 Å². The van der Waals surface area contributed by atoms with Crippen molar-refractivity contribution >= 4 is 27.3 Å².